The number of anilines is 1. The molecule has 1 atom stereocenters. The highest BCUT2D eigenvalue weighted by Crippen LogP contribution is 2.20. The minimum atomic E-state index is -0.571. The lowest BCUT2D eigenvalue weighted by molar-refractivity contribution is 0.239. The average molecular weight is 323 g/mol. The lowest BCUT2D eigenvalue weighted by Gasteiger charge is -2.19. The van der Waals surface area contributed by atoms with Gasteiger partial charge in [-0.25, -0.2) is 9.18 Å². The van der Waals surface area contributed by atoms with Gasteiger partial charge in [-0.1, -0.05) is 41.9 Å². The molecule has 3 N–H and O–H groups in total. The molecule has 0 fully saturated rings. The minimum Gasteiger partial charge on any atom is -0.396 e. The Hall–Kier alpha value is -2.11. The summed E-state index contributed by atoms with van der Waals surface area (Å²) < 4.78 is 13.6. The molecule has 0 radical (unpaired) electrons. The molecule has 2 rings (SSSR count). The molecule has 2 amide bonds. The molecule has 0 aliphatic heterocycles. The van der Waals surface area contributed by atoms with Crippen LogP contribution in [0.4, 0.5) is 14.9 Å². The van der Waals surface area contributed by atoms with Crippen LogP contribution in [0.1, 0.15) is 18.0 Å². The van der Waals surface area contributed by atoms with Crippen molar-refractivity contribution < 1.29 is 14.3 Å². The predicted octanol–water partition coefficient (Wildman–Crippen LogP) is 3.72. The van der Waals surface area contributed by atoms with Crippen LogP contribution in [-0.4, -0.2) is 17.7 Å². The van der Waals surface area contributed by atoms with Crippen molar-refractivity contribution in [1.29, 1.82) is 0 Å². The number of aliphatic hydroxyl groups excluding tert-OH is 1. The molecule has 22 heavy (non-hydrogen) atoms. The van der Waals surface area contributed by atoms with Gasteiger partial charge in [0.2, 0.25) is 0 Å². The second-order valence-corrected chi connectivity index (χ2v) is 5.13. The van der Waals surface area contributed by atoms with Crippen LogP contribution in [0.5, 0.6) is 0 Å². The summed E-state index contributed by atoms with van der Waals surface area (Å²) >= 11 is 5.78. The molecule has 0 spiro atoms. The Morgan fingerprint density at radius 3 is 2.64 bits per heavy atom. The molecule has 2 aromatic carbocycles. The molecule has 0 saturated heterocycles. The van der Waals surface area contributed by atoms with E-state index in [0.717, 1.165) is 5.56 Å². The number of nitrogens with one attached hydrogen (secondary N) is 2. The smallest absolute Gasteiger partial charge is 0.319 e. The van der Waals surface area contributed by atoms with E-state index in [1.54, 1.807) is 0 Å². The van der Waals surface area contributed by atoms with Crippen molar-refractivity contribution in [3.05, 3.63) is 64.9 Å². The number of halogens is 2. The molecule has 0 heterocycles. The first-order chi connectivity index (χ1) is 10.6. The standard InChI is InChI=1S/C16H16ClFN2O2/c17-12-6-7-13(18)15(10-12)20-16(22)19-14(8-9-21)11-4-2-1-3-5-11/h1-7,10,14,21H,8-9H2,(H2,19,20,22)/t14-/m1/s1. The van der Waals surface area contributed by atoms with Gasteiger partial charge in [-0.15, -0.1) is 0 Å². The monoisotopic (exact) mass is 322 g/mol. The summed E-state index contributed by atoms with van der Waals surface area (Å²) in [6.45, 7) is -0.0780. The highest BCUT2D eigenvalue weighted by Gasteiger charge is 2.15. The van der Waals surface area contributed by atoms with E-state index in [-0.39, 0.29) is 18.3 Å². The van der Waals surface area contributed by atoms with E-state index in [0.29, 0.717) is 11.4 Å². The molecular formula is C16H16ClFN2O2. The molecule has 0 unspecified atom stereocenters. The lowest BCUT2D eigenvalue weighted by atomic mass is 10.0. The summed E-state index contributed by atoms with van der Waals surface area (Å²) in [6, 6.07) is 12.2. The van der Waals surface area contributed by atoms with Gasteiger partial charge in [-0.05, 0) is 30.2 Å². The van der Waals surface area contributed by atoms with Crippen molar-refractivity contribution in [2.45, 2.75) is 12.5 Å². The summed E-state index contributed by atoms with van der Waals surface area (Å²) in [5.41, 5.74) is 0.860. The van der Waals surface area contributed by atoms with E-state index in [2.05, 4.69) is 10.6 Å². The molecule has 6 heteroatoms. The molecule has 116 valence electrons. The van der Waals surface area contributed by atoms with Crippen molar-refractivity contribution in [3.8, 4) is 0 Å². The Morgan fingerprint density at radius 2 is 1.95 bits per heavy atom. The maximum atomic E-state index is 13.6. The topological polar surface area (TPSA) is 61.4 Å². The van der Waals surface area contributed by atoms with E-state index < -0.39 is 11.8 Å². The maximum absolute atomic E-state index is 13.6. The van der Waals surface area contributed by atoms with Gasteiger partial charge in [0.05, 0.1) is 11.7 Å². The van der Waals surface area contributed by atoms with Crippen molar-refractivity contribution in [2.24, 2.45) is 0 Å². The van der Waals surface area contributed by atoms with E-state index in [1.807, 2.05) is 30.3 Å². The van der Waals surface area contributed by atoms with Crippen LogP contribution in [0.15, 0.2) is 48.5 Å². The maximum Gasteiger partial charge on any atom is 0.319 e. The largest absolute Gasteiger partial charge is 0.396 e. The second-order valence-electron chi connectivity index (χ2n) is 4.70. The van der Waals surface area contributed by atoms with Gasteiger partial charge in [0.25, 0.3) is 0 Å². The highest BCUT2D eigenvalue weighted by atomic mass is 35.5. The Bertz CT molecular complexity index is 637. The van der Waals surface area contributed by atoms with E-state index >= 15 is 0 Å². The molecule has 4 nitrogen and oxygen atoms in total. The van der Waals surface area contributed by atoms with Crippen LogP contribution in [0.25, 0.3) is 0 Å². The third-order valence-electron chi connectivity index (χ3n) is 3.10. The minimum absolute atomic E-state index is 0.000750. The van der Waals surface area contributed by atoms with Gasteiger partial charge >= 0.3 is 6.03 Å². The van der Waals surface area contributed by atoms with Gasteiger partial charge in [0.15, 0.2) is 0 Å². The zero-order valence-corrected chi connectivity index (χ0v) is 12.5. The molecule has 0 bridgehead atoms. The van der Waals surface area contributed by atoms with Crippen LogP contribution in [0.3, 0.4) is 0 Å². The lowest BCUT2D eigenvalue weighted by Crippen LogP contribution is -2.33. The molecule has 2 aromatic rings. The number of urea groups is 1. The number of rotatable bonds is 5. The third-order valence-corrected chi connectivity index (χ3v) is 3.34. The summed E-state index contributed by atoms with van der Waals surface area (Å²) in [5, 5.41) is 14.6. The fourth-order valence-corrected chi connectivity index (χ4v) is 2.22. The Labute approximate surface area is 132 Å². The number of benzene rings is 2. The second kappa shape index (κ2) is 7.77. The van der Waals surface area contributed by atoms with E-state index in [9.17, 15) is 9.18 Å². The van der Waals surface area contributed by atoms with E-state index in [1.165, 1.54) is 18.2 Å². The summed E-state index contributed by atoms with van der Waals surface area (Å²) in [6.07, 6.45) is 0.357. The van der Waals surface area contributed by atoms with Crippen LogP contribution < -0.4 is 10.6 Å². The van der Waals surface area contributed by atoms with Gasteiger partial charge < -0.3 is 15.7 Å². The number of hydrogen-bond donors (Lipinski definition) is 3. The van der Waals surface area contributed by atoms with Gasteiger partial charge in [-0.2, -0.15) is 0 Å². The van der Waals surface area contributed by atoms with Crippen LogP contribution in [-0.2, 0) is 0 Å². The molecule has 0 aromatic heterocycles. The molecule has 0 aliphatic carbocycles. The first kappa shape index (κ1) is 16.3. The van der Waals surface area contributed by atoms with Gasteiger partial charge in [0, 0.05) is 11.6 Å². The van der Waals surface area contributed by atoms with Crippen molar-refractivity contribution in [2.75, 3.05) is 11.9 Å². The number of amides is 2. The number of aliphatic hydroxyl groups is 1. The quantitative estimate of drug-likeness (QED) is 0.785. The SMILES string of the molecule is O=C(Nc1cc(Cl)ccc1F)N[C@H](CCO)c1ccccc1. The Kier molecular flexibility index (Phi) is 5.75. The van der Waals surface area contributed by atoms with E-state index in [4.69, 9.17) is 16.7 Å². The van der Waals surface area contributed by atoms with Crippen LogP contribution in [0.2, 0.25) is 5.02 Å². The average Bonchev–Trinajstić information content (AvgIpc) is 2.51. The van der Waals surface area contributed by atoms with Crippen LogP contribution >= 0.6 is 11.6 Å². The first-order valence-electron chi connectivity index (χ1n) is 6.78. The van der Waals surface area contributed by atoms with Gasteiger partial charge in [0.1, 0.15) is 5.82 Å². The molecular weight excluding hydrogens is 307 g/mol. The van der Waals surface area contributed by atoms with Crippen LogP contribution in [0, 0.1) is 5.82 Å². The predicted molar refractivity (Wildman–Crippen MR) is 84.5 cm³/mol. The number of carbonyl (C=O) groups excluding carboxylic acids is 1. The summed E-state index contributed by atoms with van der Waals surface area (Å²) in [5.74, 6) is -0.571. The van der Waals surface area contributed by atoms with Gasteiger partial charge in [-0.3, -0.25) is 0 Å². The summed E-state index contributed by atoms with van der Waals surface area (Å²) in [4.78, 5) is 12.0. The van der Waals surface area contributed by atoms with Crippen molar-refractivity contribution in [3.63, 3.8) is 0 Å². The number of hydrogen-bond acceptors (Lipinski definition) is 2. The fourth-order valence-electron chi connectivity index (χ4n) is 2.05. The third kappa shape index (κ3) is 4.44. The van der Waals surface area contributed by atoms with Crippen molar-refractivity contribution >= 4 is 23.3 Å². The molecule has 0 aliphatic rings. The zero-order chi connectivity index (χ0) is 15.9. The van der Waals surface area contributed by atoms with Crippen molar-refractivity contribution in [1.82, 2.24) is 5.32 Å². The molecule has 0 saturated carbocycles. The fraction of sp³-hybridized carbons (Fsp3) is 0.188. The highest BCUT2D eigenvalue weighted by molar-refractivity contribution is 6.30. The number of carbonyl (C=O) groups is 1. The zero-order valence-electron chi connectivity index (χ0n) is 11.7. The summed E-state index contributed by atoms with van der Waals surface area (Å²) in [7, 11) is 0. The normalized spacial score (nSPS) is 11.8. The Balaban J connectivity index is 2.07. The first-order valence-corrected chi connectivity index (χ1v) is 7.16. The Morgan fingerprint density at radius 1 is 1.23 bits per heavy atom.